The van der Waals surface area contributed by atoms with Crippen molar-refractivity contribution < 1.29 is 9.90 Å². The molecule has 0 atom stereocenters. The van der Waals surface area contributed by atoms with Crippen molar-refractivity contribution in [3.05, 3.63) is 54.4 Å². The third-order valence-corrected chi connectivity index (χ3v) is 5.10. The van der Waals surface area contributed by atoms with Gasteiger partial charge in [0.15, 0.2) is 5.69 Å². The minimum atomic E-state index is -0.409. The molecule has 2 aromatic heterocycles. The minimum absolute atomic E-state index is 0.0407. The Morgan fingerprint density at radius 1 is 1.10 bits per heavy atom. The SMILES string of the molecule is CCCCn1c(O)c(N=NC(=O)Cc2nc3ccccc3n2C)c2ccccc21. The number of carbonyl (C=O) groups is 1. The van der Waals surface area contributed by atoms with E-state index in [0.717, 1.165) is 34.8 Å². The first-order chi connectivity index (χ1) is 14.1. The molecule has 0 aliphatic carbocycles. The maximum atomic E-state index is 12.4. The standard InChI is InChI=1S/C22H23N5O2/c1-3-4-13-27-17-11-7-5-9-15(17)21(22(27)29)25-24-20(28)14-19-23-16-10-6-8-12-18(16)26(19)2/h5-12,29H,3-4,13-14H2,1-2H3. The summed E-state index contributed by atoms with van der Waals surface area (Å²) in [5, 5.41) is 19.4. The fraction of sp³-hybridized carbons (Fsp3) is 0.273. The molecule has 29 heavy (non-hydrogen) atoms. The van der Waals surface area contributed by atoms with E-state index in [9.17, 15) is 9.90 Å². The number of aryl methyl sites for hydroxylation is 2. The van der Waals surface area contributed by atoms with E-state index in [4.69, 9.17) is 0 Å². The number of nitrogens with zero attached hydrogens (tertiary/aromatic N) is 5. The lowest BCUT2D eigenvalue weighted by atomic mass is 10.2. The zero-order valence-electron chi connectivity index (χ0n) is 16.5. The van der Waals surface area contributed by atoms with E-state index in [1.165, 1.54) is 0 Å². The maximum Gasteiger partial charge on any atom is 0.272 e. The van der Waals surface area contributed by atoms with Crippen molar-refractivity contribution in [3.63, 3.8) is 0 Å². The van der Waals surface area contributed by atoms with E-state index in [1.54, 1.807) is 0 Å². The first-order valence-corrected chi connectivity index (χ1v) is 9.75. The summed E-state index contributed by atoms with van der Waals surface area (Å²) in [5.41, 5.74) is 3.01. The summed E-state index contributed by atoms with van der Waals surface area (Å²) in [5.74, 6) is 0.261. The molecular weight excluding hydrogens is 366 g/mol. The zero-order valence-corrected chi connectivity index (χ0v) is 16.5. The highest BCUT2D eigenvalue weighted by atomic mass is 16.3. The molecule has 4 aromatic rings. The number of hydrogen-bond donors (Lipinski definition) is 1. The predicted octanol–water partition coefficient (Wildman–Crippen LogP) is 4.89. The van der Waals surface area contributed by atoms with Gasteiger partial charge in [-0.25, -0.2) is 4.98 Å². The number of para-hydroxylation sites is 3. The fourth-order valence-electron chi connectivity index (χ4n) is 3.54. The number of aromatic nitrogens is 3. The summed E-state index contributed by atoms with van der Waals surface area (Å²) in [4.78, 5) is 16.9. The second-order valence-corrected chi connectivity index (χ2v) is 7.04. The molecule has 0 unspecified atom stereocenters. The number of imidazole rings is 1. The van der Waals surface area contributed by atoms with Crippen LogP contribution in [0.1, 0.15) is 25.6 Å². The van der Waals surface area contributed by atoms with Crippen LogP contribution < -0.4 is 0 Å². The first-order valence-electron chi connectivity index (χ1n) is 9.75. The molecule has 148 valence electrons. The number of rotatable bonds is 6. The third kappa shape index (κ3) is 3.51. The van der Waals surface area contributed by atoms with Crippen LogP contribution in [0.2, 0.25) is 0 Å². The number of azo groups is 1. The molecular formula is C22H23N5O2. The van der Waals surface area contributed by atoms with Gasteiger partial charge in [0.2, 0.25) is 5.88 Å². The average molecular weight is 389 g/mol. The quantitative estimate of drug-likeness (QED) is 0.477. The molecule has 7 heteroatoms. The Hall–Kier alpha value is -3.48. The maximum absolute atomic E-state index is 12.4. The van der Waals surface area contributed by atoms with Gasteiger partial charge in [-0.15, -0.1) is 10.2 Å². The Morgan fingerprint density at radius 2 is 1.83 bits per heavy atom. The molecule has 0 aliphatic heterocycles. The van der Waals surface area contributed by atoms with E-state index >= 15 is 0 Å². The molecule has 0 spiro atoms. The Kier molecular flexibility index (Phi) is 5.12. The van der Waals surface area contributed by atoms with Crippen LogP contribution in [0, 0.1) is 0 Å². The van der Waals surface area contributed by atoms with Gasteiger partial charge in [0.1, 0.15) is 5.82 Å². The molecule has 0 fully saturated rings. The van der Waals surface area contributed by atoms with Gasteiger partial charge < -0.3 is 14.2 Å². The predicted molar refractivity (Wildman–Crippen MR) is 112 cm³/mol. The van der Waals surface area contributed by atoms with Crippen LogP contribution in [0.15, 0.2) is 58.8 Å². The monoisotopic (exact) mass is 389 g/mol. The Bertz CT molecular complexity index is 1220. The van der Waals surface area contributed by atoms with Crippen molar-refractivity contribution in [2.45, 2.75) is 32.7 Å². The van der Waals surface area contributed by atoms with Crippen molar-refractivity contribution in [3.8, 4) is 5.88 Å². The van der Waals surface area contributed by atoms with E-state index < -0.39 is 5.91 Å². The van der Waals surface area contributed by atoms with Crippen molar-refractivity contribution in [2.75, 3.05) is 0 Å². The Labute approximate surface area is 168 Å². The number of hydrogen-bond acceptors (Lipinski definition) is 4. The highest BCUT2D eigenvalue weighted by molar-refractivity contribution is 5.95. The molecule has 7 nitrogen and oxygen atoms in total. The second kappa shape index (κ2) is 7.87. The largest absolute Gasteiger partial charge is 0.493 e. The van der Waals surface area contributed by atoms with Crippen molar-refractivity contribution in [1.82, 2.24) is 14.1 Å². The molecule has 0 saturated heterocycles. The van der Waals surface area contributed by atoms with Gasteiger partial charge in [-0.2, -0.15) is 0 Å². The summed E-state index contributed by atoms with van der Waals surface area (Å²) in [6.07, 6.45) is 2.00. The number of carbonyl (C=O) groups excluding carboxylic acids is 1. The first kappa shape index (κ1) is 18.9. The lowest BCUT2D eigenvalue weighted by Gasteiger charge is -2.05. The van der Waals surface area contributed by atoms with Crippen LogP contribution in [0.5, 0.6) is 5.88 Å². The molecule has 2 heterocycles. The van der Waals surface area contributed by atoms with E-state index in [2.05, 4.69) is 22.1 Å². The Balaban J connectivity index is 1.61. The third-order valence-electron chi connectivity index (χ3n) is 5.10. The van der Waals surface area contributed by atoms with Crippen LogP contribution in [-0.4, -0.2) is 25.1 Å². The van der Waals surface area contributed by atoms with Crippen molar-refractivity contribution in [2.24, 2.45) is 17.3 Å². The number of benzene rings is 2. The van der Waals surface area contributed by atoms with E-state index in [0.29, 0.717) is 18.1 Å². The van der Waals surface area contributed by atoms with Crippen molar-refractivity contribution in [1.29, 1.82) is 0 Å². The summed E-state index contributed by atoms with van der Waals surface area (Å²) < 4.78 is 3.71. The van der Waals surface area contributed by atoms with E-state index in [1.807, 2.05) is 64.7 Å². The van der Waals surface area contributed by atoms with Gasteiger partial charge in [-0.05, 0) is 24.6 Å². The van der Waals surface area contributed by atoms with Crippen LogP contribution in [-0.2, 0) is 24.8 Å². The topological polar surface area (TPSA) is 84.8 Å². The summed E-state index contributed by atoms with van der Waals surface area (Å²) in [6.45, 7) is 2.79. The molecule has 0 aliphatic rings. The van der Waals surface area contributed by atoms with Crippen molar-refractivity contribution >= 4 is 33.5 Å². The molecule has 1 N–H and O–H groups in total. The number of fused-ring (bicyclic) bond motifs is 2. The normalized spacial score (nSPS) is 11.8. The molecule has 0 saturated carbocycles. The molecule has 4 rings (SSSR count). The van der Waals surface area contributed by atoms with Gasteiger partial charge in [0, 0.05) is 19.0 Å². The zero-order chi connectivity index (χ0) is 20.4. The second-order valence-electron chi connectivity index (χ2n) is 7.04. The van der Waals surface area contributed by atoms with Crippen LogP contribution >= 0.6 is 0 Å². The number of unbranched alkanes of at least 4 members (excludes halogenated alkanes) is 1. The number of amides is 1. The van der Waals surface area contributed by atoms with Gasteiger partial charge in [-0.1, -0.05) is 43.7 Å². The lowest BCUT2D eigenvalue weighted by Crippen LogP contribution is -2.05. The van der Waals surface area contributed by atoms with Crippen LogP contribution in [0.3, 0.4) is 0 Å². The van der Waals surface area contributed by atoms with Gasteiger partial charge in [0.25, 0.3) is 5.91 Å². The summed E-state index contributed by atoms with van der Waals surface area (Å²) in [7, 11) is 1.88. The molecule has 2 aromatic carbocycles. The van der Waals surface area contributed by atoms with Gasteiger partial charge >= 0.3 is 0 Å². The van der Waals surface area contributed by atoms with E-state index in [-0.39, 0.29) is 12.3 Å². The van der Waals surface area contributed by atoms with Crippen LogP contribution in [0.4, 0.5) is 5.69 Å². The average Bonchev–Trinajstić information content (AvgIpc) is 3.19. The summed E-state index contributed by atoms with van der Waals surface area (Å²) in [6, 6.07) is 15.3. The molecule has 0 bridgehead atoms. The van der Waals surface area contributed by atoms with Crippen LogP contribution in [0.25, 0.3) is 21.9 Å². The number of aromatic hydroxyl groups is 1. The highest BCUT2D eigenvalue weighted by Gasteiger charge is 2.17. The highest BCUT2D eigenvalue weighted by Crippen LogP contribution is 2.39. The lowest BCUT2D eigenvalue weighted by molar-refractivity contribution is -0.117. The summed E-state index contributed by atoms with van der Waals surface area (Å²) >= 11 is 0. The fourth-order valence-corrected chi connectivity index (χ4v) is 3.54. The van der Waals surface area contributed by atoms with Gasteiger partial charge in [-0.3, -0.25) is 4.79 Å². The minimum Gasteiger partial charge on any atom is -0.493 e. The molecule has 0 radical (unpaired) electrons. The molecule has 1 amide bonds. The Morgan fingerprint density at radius 3 is 2.59 bits per heavy atom. The smallest absolute Gasteiger partial charge is 0.272 e. The van der Waals surface area contributed by atoms with Gasteiger partial charge in [0.05, 0.1) is 23.0 Å².